The van der Waals surface area contributed by atoms with Crippen LogP contribution >= 0.6 is 35.3 Å². The summed E-state index contributed by atoms with van der Waals surface area (Å²) in [6, 6.07) is 4.30. The Morgan fingerprint density at radius 3 is 2.88 bits per heavy atom. The summed E-state index contributed by atoms with van der Waals surface area (Å²) >= 11 is 1.82. The number of rotatable bonds is 7. The van der Waals surface area contributed by atoms with E-state index in [1.807, 2.05) is 11.3 Å². The van der Waals surface area contributed by atoms with Crippen LogP contribution in [0.1, 0.15) is 18.2 Å². The number of aliphatic imine (C=N–C) groups is 1. The third-order valence-electron chi connectivity index (χ3n) is 4.09. The van der Waals surface area contributed by atoms with Crippen molar-refractivity contribution >= 4 is 41.3 Å². The van der Waals surface area contributed by atoms with Gasteiger partial charge in [-0.1, -0.05) is 6.07 Å². The average molecular weight is 465 g/mol. The van der Waals surface area contributed by atoms with E-state index in [0.717, 1.165) is 45.1 Å². The number of hydrogen-bond donors (Lipinski definition) is 2. The maximum atomic E-state index is 4.72. The third-order valence-corrected chi connectivity index (χ3v) is 5.02. The monoisotopic (exact) mass is 465 g/mol. The van der Waals surface area contributed by atoms with E-state index in [9.17, 15) is 0 Å². The van der Waals surface area contributed by atoms with Crippen molar-refractivity contribution in [2.24, 2.45) is 4.99 Å². The predicted molar refractivity (Wildman–Crippen MR) is 116 cm³/mol. The summed E-state index contributed by atoms with van der Waals surface area (Å²) < 4.78 is 0. The molecule has 0 bridgehead atoms. The molecule has 0 aromatic carbocycles. The third kappa shape index (κ3) is 8.64. The second-order valence-corrected chi connectivity index (χ2v) is 7.05. The molecular formula is C17H32IN5S. The van der Waals surface area contributed by atoms with Crippen LogP contribution in [-0.2, 0) is 6.42 Å². The lowest BCUT2D eigenvalue weighted by Gasteiger charge is -2.19. The first-order valence-corrected chi connectivity index (χ1v) is 9.61. The van der Waals surface area contributed by atoms with E-state index in [1.54, 1.807) is 0 Å². The molecule has 2 rings (SSSR count). The van der Waals surface area contributed by atoms with Gasteiger partial charge in [-0.05, 0) is 51.3 Å². The molecule has 0 amide bonds. The van der Waals surface area contributed by atoms with E-state index < -0.39 is 0 Å². The molecule has 0 radical (unpaired) electrons. The van der Waals surface area contributed by atoms with Crippen LogP contribution in [0.2, 0.25) is 0 Å². The molecule has 0 saturated carbocycles. The lowest BCUT2D eigenvalue weighted by molar-refractivity contribution is 0.283. The normalized spacial score (nSPS) is 17.2. The van der Waals surface area contributed by atoms with Crippen molar-refractivity contribution < 1.29 is 0 Å². The molecular weight excluding hydrogens is 433 g/mol. The molecule has 7 heteroatoms. The minimum Gasteiger partial charge on any atom is -0.357 e. The SMILES string of the molecule is CCNC(=NCCN1CCCN(C)CC1)NCCc1cccs1.I. The standard InChI is InChI=1S/C17H31N5S.HI/c1-3-18-17(19-8-7-16-6-4-15-23-16)20-9-12-22-11-5-10-21(2)13-14-22;/h4,6,15H,3,5,7-14H2,1-2H3,(H2,18,19,20);1H. The number of nitrogens with zero attached hydrogens (tertiary/aromatic N) is 3. The van der Waals surface area contributed by atoms with Gasteiger partial charge in [0.05, 0.1) is 6.54 Å². The lowest BCUT2D eigenvalue weighted by Crippen LogP contribution is -2.39. The molecule has 2 N–H and O–H groups in total. The van der Waals surface area contributed by atoms with Crippen LogP contribution in [-0.4, -0.2) is 75.2 Å². The summed E-state index contributed by atoms with van der Waals surface area (Å²) in [6.45, 7) is 10.6. The van der Waals surface area contributed by atoms with E-state index in [-0.39, 0.29) is 24.0 Å². The summed E-state index contributed by atoms with van der Waals surface area (Å²) in [4.78, 5) is 11.1. The number of hydrogen-bond acceptors (Lipinski definition) is 4. The van der Waals surface area contributed by atoms with Gasteiger partial charge in [-0.2, -0.15) is 0 Å². The first kappa shape index (κ1) is 21.7. The van der Waals surface area contributed by atoms with Crippen molar-refractivity contribution in [2.45, 2.75) is 19.8 Å². The van der Waals surface area contributed by atoms with E-state index in [2.05, 4.69) is 51.9 Å². The van der Waals surface area contributed by atoms with Crippen LogP contribution in [0.4, 0.5) is 0 Å². The fraction of sp³-hybridized carbons (Fsp3) is 0.706. The average Bonchev–Trinajstić information content (AvgIpc) is 2.97. The highest BCUT2D eigenvalue weighted by atomic mass is 127. The molecule has 0 atom stereocenters. The van der Waals surface area contributed by atoms with Crippen molar-refractivity contribution in [3.63, 3.8) is 0 Å². The molecule has 2 heterocycles. The van der Waals surface area contributed by atoms with Crippen molar-refractivity contribution in [2.75, 3.05) is 59.4 Å². The Morgan fingerprint density at radius 1 is 1.25 bits per heavy atom. The predicted octanol–water partition coefficient (Wildman–Crippen LogP) is 2.10. The maximum absolute atomic E-state index is 4.72. The molecule has 138 valence electrons. The second-order valence-electron chi connectivity index (χ2n) is 6.02. The van der Waals surface area contributed by atoms with Crippen LogP contribution in [0.5, 0.6) is 0 Å². The van der Waals surface area contributed by atoms with Crippen molar-refractivity contribution in [3.8, 4) is 0 Å². The quantitative estimate of drug-likeness (QED) is 0.368. The van der Waals surface area contributed by atoms with Crippen molar-refractivity contribution in [1.82, 2.24) is 20.4 Å². The fourth-order valence-corrected chi connectivity index (χ4v) is 3.44. The molecule has 1 saturated heterocycles. The highest BCUT2D eigenvalue weighted by Crippen LogP contribution is 2.08. The molecule has 24 heavy (non-hydrogen) atoms. The molecule has 0 unspecified atom stereocenters. The first-order chi connectivity index (χ1) is 11.3. The summed E-state index contributed by atoms with van der Waals surface area (Å²) in [5, 5.41) is 8.90. The highest BCUT2D eigenvalue weighted by Gasteiger charge is 2.11. The first-order valence-electron chi connectivity index (χ1n) is 8.73. The number of thiophene rings is 1. The zero-order valence-corrected chi connectivity index (χ0v) is 18.1. The second kappa shape index (κ2) is 12.9. The molecule has 1 aliphatic heterocycles. The van der Waals surface area contributed by atoms with Gasteiger partial charge in [-0.25, -0.2) is 0 Å². The Bertz CT molecular complexity index is 452. The van der Waals surface area contributed by atoms with E-state index >= 15 is 0 Å². The molecule has 0 aliphatic carbocycles. The summed E-state index contributed by atoms with van der Waals surface area (Å²) in [5.41, 5.74) is 0. The topological polar surface area (TPSA) is 42.9 Å². The largest absolute Gasteiger partial charge is 0.357 e. The van der Waals surface area contributed by atoms with Crippen LogP contribution < -0.4 is 10.6 Å². The van der Waals surface area contributed by atoms with Crippen LogP contribution in [0.25, 0.3) is 0 Å². The Morgan fingerprint density at radius 2 is 2.12 bits per heavy atom. The molecule has 1 fully saturated rings. The minimum atomic E-state index is 0. The van der Waals surface area contributed by atoms with Crippen molar-refractivity contribution in [1.29, 1.82) is 0 Å². The van der Waals surface area contributed by atoms with Gasteiger partial charge in [-0.3, -0.25) is 4.99 Å². The van der Waals surface area contributed by atoms with Gasteiger partial charge in [0.15, 0.2) is 5.96 Å². The minimum absolute atomic E-state index is 0. The Kier molecular flexibility index (Phi) is 11.7. The van der Waals surface area contributed by atoms with Crippen LogP contribution in [0.3, 0.4) is 0 Å². The Labute approximate surface area is 167 Å². The smallest absolute Gasteiger partial charge is 0.191 e. The van der Waals surface area contributed by atoms with Gasteiger partial charge in [-0.15, -0.1) is 35.3 Å². The van der Waals surface area contributed by atoms with Gasteiger partial charge >= 0.3 is 0 Å². The molecule has 1 aromatic rings. The molecule has 5 nitrogen and oxygen atoms in total. The van der Waals surface area contributed by atoms with Gasteiger partial charge in [0.2, 0.25) is 0 Å². The fourth-order valence-electron chi connectivity index (χ4n) is 2.73. The van der Waals surface area contributed by atoms with E-state index in [1.165, 1.54) is 30.9 Å². The summed E-state index contributed by atoms with van der Waals surface area (Å²) in [6.07, 6.45) is 2.32. The van der Waals surface area contributed by atoms with Gasteiger partial charge in [0, 0.05) is 37.6 Å². The lowest BCUT2D eigenvalue weighted by atomic mass is 10.3. The van der Waals surface area contributed by atoms with Crippen molar-refractivity contribution in [3.05, 3.63) is 22.4 Å². The molecule has 1 aliphatic rings. The van der Waals surface area contributed by atoms with Gasteiger partial charge in [0.1, 0.15) is 0 Å². The maximum Gasteiger partial charge on any atom is 0.191 e. The number of guanidine groups is 1. The highest BCUT2D eigenvalue weighted by molar-refractivity contribution is 14.0. The van der Waals surface area contributed by atoms with Gasteiger partial charge < -0.3 is 20.4 Å². The number of nitrogens with one attached hydrogen (secondary N) is 2. The number of likely N-dealkylation sites (N-methyl/N-ethyl adjacent to an activating group) is 1. The molecule has 0 spiro atoms. The van der Waals surface area contributed by atoms with E-state index in [0.29, 0.717) is 0 Å². The van der Waals surface area contributed by atoms with Crippen LogP contribution in [0, 0.1) is 0 Å². The summed E-state index contributed by atoms with van der Waals surface area (Å²) in [7, 11) is 2.21. The zero-order valence-electron chi connectivity index (χ0n) is 15.0. The van der Waals surface area contributed by atoms with Crippen LogP contribution in [0.15, 0.2) is 22.5 Å². The van der Waals surface area contributed by atoms with Gasteiger partial charge in [0.25, 0.3) is 0 Å². The molecule has 1 aromatic heterocycles. The number of halogens is 1. The van der Waals surface area contributed by atoms with E-state index in [4.69, 9.17) is 4.99 Å². The Balaban J connectivity index is 0.00000288. The Hall–Kier alpha value is -0.380. The summed E-state index contributed by atoms with van der Waals surface area (Å²) in [5.74, 6) is 0.941. The zero-order chi connectivity index (χ0) is 16.3.